The third-order valence-electron chi connectivity index (χ3n) is 3.59. The highest BCUT2D eigenvalue weighted by Crippen LogP contribution is 2.19. The van der Waals surface area contributed by atoms with Crippen LogP contribution in [0, 0.1) is 0 Å². The number of amides is 3. The molecular formula is C19H16Cl2N4O2S. The highest BCUT2D eigenvalue weighted by molar-refractivity contribution is 7.13. The molecule has 0 saturated carbocycles. The maximum absolute atomic E-state index is 12.0. The van der Waals surface area contributed by atoms with Gasteiger partial charge in [0.15, 0.2) is 5.13 Å². The van der Waals surface area contributed by atoms with E-state index in [-0.39, 0.29) is 12.3 Å². The van der Waals surface area contributed by atoms with Crippen molar-refractivity contribution < 1.29 is 9.59 Å². The first-order chi connectivity index (χ1) is 13.5. The molecule has 2 aromatic carbocycles. The minimum atomic E-state index is -0.413. The zero-order chi connectivity index (χ0) is 19.9. The molecule has 144 valence electrons. The molecule has 0 spiro atoms. The first-order valence-corrected chi connectivity index (χ1v) is 9.95. The van der Waals surface area contributed by atoms with E-state index in [0.29, 0.717) is 33.0 Å². The van der Waals surface area contributed by atoms with Gasteiger partial charge in [0.25, 0.3) is 0 Å². The Morgan fingerprint density at radius 2 is 1.71 bits per heavy atom. The number of carbonyl (C=O) groups is 2. The zero-order valence-corrected chi connectivity index (χ0v) is 16.9. The number of aryl methyl sites for hydroxylation is 1. The van der Waals surface area contributed by atoms with Crippen molar-refractivity contribution in [1.29, 1.82) is 0 Å². The first-order valence-electron chi connectivity index (χ1n) is 8.31. The highest BCUT2D eigenvalue weighted by atomic mass is 35.5. The van der Waals surface area contributed by atoms with Crippen LogP contribution in [0.4, 0.5) is 21.3 Å². The van der Waals surface area contributed by atoms with E-state index in [2.05, 4.69) is 20.9 Å². The molecule has 0 aliphatic carbocycles. The average Bonchev–Trinajstić information content (AvgIpc) is 3.09. The monoisotopic (exact) mass is 434 g/mol. The lowest BCUT2D eigenvalue weighted by atomic mass is 10.2. The van der Waals surface area contributed by atoms with Gasteiger partial charge in [-0.2, -0.15) is 0 Å². The number of aromatic nitrogens is 1. The molecule has 3 aromatic rings. The summed E-state index contributed by atoms with van der Waals surface area (Å²) < 4.78 is 0. The molecule has 3 rings (SSSR count). The van der Waals surface area contributed by atoms with E-state index in [1.165, 1.54) is 11.3 Å². The SMILES string of the molecule is O=C(CCc1csc(NC(=O)Nc2cccc(Cl)c2)n1)Nc1ccc(Cl)cc1. The molecule has 1 heterocycles. The lowest BCUT2D eigenvalue weighted by Gasteiger charge is -2.05. The smallest absolute Gasteiger partial charge is 0.325 e. The zero-order valence-electron chi connectivity index (χ0n) is 14.5. The number of rotatable bonds is 6. The molecule has 0 saturated heterocycles. The van der Waals surface area contributed by atoms with Crippen LogP contribution >= 0.6 is 34.5 Å². The second-order valence-electron chi connectivity index (χ2n) is 5.79. The predicted octanol–water partition coefficient (Wildman–Crippen LogP) is 5.67. The Hall–Kier alpha value is -2.61. The van der Waals surface area contributed by atoms with E-state index in [4.69, 9.17) is 23.2 Å². The van der Waals surface area contributed by atoms with Crippen LogP contribution < -0.4 is 16.0 Å². The van der Waals surface area contributed by atoms with Crippen molar-refractivity contribution in [2.45, 2.75) is 12.8 Å². The quantitative estimate of drug-likeness (QED) is 0.467. The summed E-state index contributed by atoms with van der Waals surface area (Å²) >= 11 is 13.0. The molecule has 0 aliphatic heterocycles. The van der Waals surface area contributed by atoms with Crippen molar-refractivity contribution in [2.75, 3.05) is 16.0 Å². The van der Waals surface area contributed by atoms with Crippen molar-refractivity contribution in [1.82, 2.24) is 4.98 Å². The maximum atomic E-state index is 12.0. The molecule has 0 bridgehead atoms. The van der Waals surface area contributed by atoms with E-state index in [1.807, 2.05) is 5.38 Å². The largest absolute Gasteiger partial charge is 0.326 e. The van der Waals surface area contributed by atoms with Crippen molar-refractivity contribution in [3.8, 4) is 0 Å². The predicted molar refractivity (Wildman–Crippen MR) is 115 cm³/mol. The lowest BCUT2D eigenvalue weighted by molar-refractivity contribution is -0.116. The highest BCUT2D eigenvalue weighted by Gasteiger charge is 2.09. The standard InChI is InChI=1S/C19H16Cl2N4O2S/c20-12-4-6-14(7-5-12)22-17(26)9-8-16-11-28-19(24-16)25-18(27)23-15-3-1-2-13(21)10-15/h1-7,10-11H,8-9H2,(H,22,26)(H2,23,24,25,27). The van der Waals surface area contributed by atoms with Crippen LogP contribution in [0.5, 0.6) is 0 Å². The Kier molecular flexibility index (Phi) is 6.86. The summed E-state index contributed by atoms with van der Waals surface area (Å²) in [4.78, 5) is 28.4. The van der Waals surface area contributed by atoms with Crippen molar-refractivity contribution in [2.24, 2.45) is 0 Å². The number of benzene rings is 2. The number of anilines is 3. The van der Waals surface area contributed by atoms with Crippen LogP contribution in [0.3, 0.4) is 0 Å². The summed E-state index contributed by atoms with van der Waals surface area (Å²) in [5, 5.41) is 11.5. The first kappa shape index (κ1) is 20.1. The van der Waals surface area contributed by atoms with Gasteiger partial charge in [0.2, 0.25) is 5.91 Å². The molecule has 0 radical (unpaired) electrons. The molecule has 3 amide bonds. The lowest BCUT2D eigenvalue weighted by Crippen LogP contribution is -2.19. The second-order valence-corrected chi connectivity index (χ2v) is 7.52. The Balaban J connectivity index is 1.46. The number of nitrogens with zero attached hydrogens (tertiary/aromatic N) is 1. The number of urea groups is 1. The number of hydrogen-bond acceptors (Lipinski definition) is 4. The molecule has 0 aliphatic rings. The van der Waals surface area contributed by atoms with Crippen LogP contribution in [0.2, 0.25) is 10.0 Å². The minimum absolute atomic E-state index is 0.122. The van der Waals surface area contributed by atoms with E-state index < -0.39 is 6.03 Å². The third kappa shape index (κ3) is 6.23. The molecule has 0 fully saturated rings. The molecule has 1 aromatic heterocycles. The summed E-state index contributed by atoms with van der Waals surface area (Å²) in [7, 11) is 0. The van der Waals surface area contributed by atoms with Gasteiger partial charge in [-0.05, 0) is 48.9 Å². The Morgan fingerprint density at radius 3 is 2.46 bits per heavy atom. The van der Waals surface area contributed by atoms with Gasteiger partial charge in [-0.3, -0.25) is 10.1 Å². The third-order valence-corrected chi connectivity index (χ3v) is 4.88. The fourth-order valence-corrected chi connectivity index (χ4v) is 3.36. The van der Waals surface area contributed by atoms with Crippen molar-refractivity contribution in [3.63, 3.8) is 0 Å². The van der Waals surface area contributed by atoms with Crippen LogP contribution in [0.25, 0.3) is 0 Å². The molecule has 6 nitrogen and oxygen atoms in total. The number of halogens is 2. The van der Waals surface area contributed by atoms with Gasteiger partial charge >= 0.3 is 6.03 Å². The van der Waals surface area contributed by atoms with Crippen molar-refractivity contribution >= 4 is 63.0 Å². The van der Waals surface area contributed by atoms with Crippen LogP contribution in [0.1, 0.15) is 12.1 Å². The van der Waals surface area contributed by atoms with Crippen LogP contribution in [-0.4, -0.2) is 16.9 Å². The summed E-state index contributed by atoms with van der Waals surface area (Å²) in [5.74, 6) is -0.122. The molecule has 0 unspecified atom stereocenters. The minimum Gasteiger partial charge on any atom is -0.326 e. The molecular weight excluding hydrogens is 419 g/mol. The van der Waals surface area contributed by atoms with Crippen LogP contribution in [-0.2, 0) is 11.2 Å². The Bertz CT molecular complexity index is 976. The van der Waals surface area contributed by atoms with Gasteiger partial charge < -0.3 is 10.6 Å². The Morgan fingerprint density at radius 1 is 0.929 bits per heavy atom. The fourth-order valence-electron chi connectivity index (χ4n) is 2.30. The number of nitrogens with one attached hydrogen (secondary N) is 3. The molecule has 28 heavy (non-hydrogen) atoms. The van der Waals surface area contributed by atoms with Gasteiger partial charge in [0, 0.05) is 33.2 Å². The molecule has 9 heteroatoms. The number of thiazole rings is 1. The van der Waals surface area contributed by atoms with E-state index in [9.17, 15) is 9.59 Å². The van der Waals surface area contributed by atoms with Crippen molar-refractivity contribution in [3.05, 3.63) is 69.7 Å². The van der Waals surface area contributed by atoms with E-state index in [0.717, 1.165) is 5.69 Å². The molecule has 0 atom stereocenters. The summed E-state index contributed by atoms with van der Waals surface area (Å²) in [6.07, 6.45) is 0.744. The summed E-state index contributed by atoms with van der Waals surface area (Å²) in [6, 6.07) is 13.3. The number of carbonyl (C=O) groups excluding carboxylic acids is 2. The van der Waals surface area contributed by atoms with Gasteiger partial charge in [0.05, 0.1) is 5.69 Å². The normalized spacial score (nSPS) is 10.4. The van der Waals surface area contributed by atoms with Gasteiger partial charge in [0.1, 0.15) is 0 Å². The number of hydrogen-bond donors (Lipinski definition) is 3. The summed E-state index contributed by atoms with van der Waals surface area (Å²) in [6.45, 7) is 0. The Labute approximate surface area is 175 Å². The van der Waals surface area contributed by atoms with Crippen LogP contribution in [0.15, 0.2) is 53.9 Å². The maximum Gasteiger partial charge on any atom is 0.325 e. The topological polar surface area (TPSA) is 83.1 Å². The second kappa shape index (κ2) is 9.54. The van der Waals surface area contributed by atoms with E-state index in [1.54, 1.807) is 48.5 Å². The summed E-state index contributed by atoms with van der Waals surface area (Å²) in [5.41, 5.74) is 2.00. The van der Waals surface area contributed by atoms with Gasteiger partial charge in [-0.25, -0.2) is 9.78 Å². The van der Waals surface area contributed by atoms with Gasteiger partial charge in [-0.15, -0.1) is 11.3 Å². The average molecular weight is 435 g/mol. The van der Waals surface area contributed by atoms with E-state index >= 15 is 0 Å². The fraction of sp³-hybridized carbons (Fsp3) is 0.105. The van der Waals surface area contributed by atoms with Gasteiger partial charge in [-0.1, -0.05) is 29.3 Å². The molecule has 3 N–H and O–H groups in total.